The van der Waals surface area contributed by atoms with Crippen molar-refractivity contribution in [3.8, 4) is 0 Å². The molecular weight excluding hydrogens is 405 g/mol. The molecule has 1 aromatic carbocycles. The van der Waals surface area contributed by atoms with Crippen LogP contribution in [-0.4, -0.2) is 53.9 Å². The number of halogens is 2. The fourth-order valence-electron chi connectivity index (χ4n) is 4.08. The molecule has 2 amide bonds. The molecule has 0 aromatic heterocycles. The summed E-state index contributed by atoms with van der Waals surface area (Å²) in [4.78, 5) is 27.6. The van der Waals surface area contributed by atoms with E-state index in [4.69, 9.17) is 17.3 Å². The van der Waals surface area contributed by atoms with Gasteiger partial charge < -0.3 is 16.0 Å². The number of likely N-dealkylation sites (tertiary alicyclic amines) is 1. The summed E-state index contributed by atoms with van der Waals surface area (Å²) in [5, 5.41) is 3.29. The Balaban J connectivity index is 0.00000261. The smallest absolute Gasteiger partial charge is 0.253 e. The minimum absolute atomic E-state index is 0. The second-order valence-corrected chi connectivity index (χ2v) is 8.59. The minimum atomic E-state index is -0.527. The fraction of sp³-hybridized carbons (Fsp3) is 0.579. The molecule has 5 nitrogen and oxygen atoms in total. The summed E-state index contributed by atoms with van der Waals surface area (Å²) >= 11 is 7.79. The zero-order chi connectivity index (χ0) is 18.7. The quantitative estimate of drug-likeness (QED) is 0.725. The molecule has 1 aliphatic carbocycles. The minimum Gasteiger partial charge on any atom is -0.340 e. The van der Waals surface area contributed by atoms with Crippen molar-refractivity contribution in [3.05, 3.63) is 34.9 Å². The van der Waals surface area contributed by atoms with E-state index in [1.807, 2.05) is 11.2 Å². The molecule has 1 aromatic rings. The molecule has 2 aliphatic rings. The maximum Gasteiger partial charge on any atom is 0.253 e. The largest absolute Gasteiger partial charge is 0.340 e. The number of benzene rings is 1. The number of carbonyl (C=O) groups is 2. The summed E-state index contributed by atoms with van der Waals surface area (Å²) in [5.74, 6) is 1.42. The normalized spacial score (nSPS) is 24.9. The molecule has 0 radical (unpaired) electrons. The van der Waals surface area contributed by atoms with E-state index in [0.717, 1.165) is 25.1 Å². The Morgan fingerprint density at radius 2 is 2.07 bits per heavy atom. The van der Waals surface area contributed by atoms with Crippen LogP contribution >= 0.6 is 35.8 Å². The number of nitrogens with two attached hydrogens (primary N) is 1. The van der Waals surface area contributed by atoms with Crippen LogP contribution in [0.5, 0.6) is 0 Å². The zero-order valence-corrected chi connectivity index (χ0v) is 17.8. The Hall–Kier alpha value is -0.950. The topological polar surface area (TPSA) is 75.4 Å². The van der Waals surface area contributed by atoms with Gasteiger partial charge in [-0.3, -0.25) is 9.59 Å². The molecule has 27 heavy (non-hydrogen) atoms. The lowest BCUT2D eigenvalue weighted by Crippen LogP contribution is -2.48. The summed E-state index contributed by atoms with van der Waals surface area (Å²) < 4.78 is 0. The lowest BCUT2D eigenvalue weighted by molar-refractivity contribution is -0.132. The van der Waals surface area contributed by atoms with Crippen LogP contribution in [0.25, 0.3) is 0 Å². The van der Waals surface area contributed by atoms with Crippen LogP contribution in [0.15, 0.2) is 24.3 Å². The molecule has 4 atom stereocenters. The van der Waals surface area contributed by atoms with Gasteiger partial charge in [-0.25, -0.2) is 0 Å². The maximum atomic E-state index is 13.1. The van der Waals surface area contributed by atoms with Crippen molar-refractivity contribution in [1.29, 1.82) is 0 Å². The van der Waals surface area contributed by atoms with E-state index in [-0.39, 0.29) is 30.3 Å². The van der Waals surface area contributed by atoms with Gasteiger partial charge >= 0.3 is 0 Å². The predicted molar refractivity (Wildman–Crippen MR) is 114 cm³/mol. The number of rotatable bonds is 6. The number of amides is 2. The van der Waals surface area contributed by atoms with Gasteiger partial charge in [0.15, 0.2) is 0 Å². The van der Waals surface area contributed by atoms with Gasteiger partial charge in [-0.1, -0.05) is 23.7 Å². The van der Waals surface area contributed by atoms with E-state index in [1.54, 1.807) is 36.0 Å². The predicted octanol–water partition coefficient (Wildman–Crippen LogP) is 2.81. The monoisotopic (exact) mass is 431 g/mol. The Bertz CT molecular complexity index is 676. The van der Waals surface area contributed by atoms with E-state index in [9.17, 15) is 9.59 Å². The number of hydrogen-bond donors (Lipinski definition) is 2. The van der Waals surface area contributed by atoms with Crippen molar-refractivity contribution in [1.82, 2.24) is 10.2 Å². The summed E-state index contributed by atoms with van der Waals surface area (Å²) in [6, 6.07) is 6.57. The second kappa shape index (κ2) is 10.0. The Labute approximate surface area is 176 Å². The van der Waals surface area contributed by atoms with E-state index in [1.165, 1.54) is 0 Å². The average Bonchev–Trinajstić information content (AvgIpc) is 3.20. The zero-order valence-electron chi connectivity index (χ0n) is 15.4. The first-order chi connectivity index (χ1) is 12.5. The van der Waals surface area contributed by atoms with Gasteiger partial charge in [-0.05, 0) is 55.2 Å². The van der Waals surface area contributed by atoms with Crippen LogP contribution in [0.3, 0.4) is 0 Å². The molecule has 2 fully saturated rings. The lowest BCUT2D eigenvalue weighted by Gasteiger charge is -2.25. The first-order valence-corrected chi connectivity index (χ1v) is 10.9. The molecule has 0 spiro atoms. The molecule has 1 saturated carbocycles. The summed E-state index contributed by atoms with van der Waals surface area (Å²) in [5.41, 5.74) is 6.59. The van der Waals surface area contributed by atoms with Gasteiger partial charge in [0.2, 0.25) is 5.91 Å². The van der Waals surface area contributed by atoms with Gasteiger partial charge in [0.25, 0.3) is 5.91 Å². The molecule has 1 heterocycles. The molecule has 150 valence electrons. The highest BCUT2D eigenvalue weighted by atomic mass is 35.5. The molecule has 4 unspecified atom stereocenters. The van der Waals surface area contributed by atoms with Crippen LogP contribution in [0.1, 0.15) is 29.6 Å². The van der Waals surface area contributed by atoms with Crippen molar-refractivity contribution in [2.45, 2.75) is 31.3 Å². The van der Waals surface area contributed by atoms with Gasteiger partial charge in [-0.15, -0.1) is 12.4 Å². The van der Waals surface area contributed by atoms with Gasteiger partial charge in [0.1, 0.15) is 6.04 Å². The third-order valence-corrected chi connectivity index (χ3v) is 6.53. The number of nitrogens with one attached hydrogen (secondary N) is 1. The standard InChI is InChI=1S/C19H26ClN3O2S.ClH/c1-26-9-8-17(22-18(24)13-4-2-3-5-15(13)20)19(25)23-10-12-6-7-16(21)14(12)11-23;/h2-5,12,14,16-17H,6-11,21H2,1H3,(H,22,24);1H. The average molecular weight is 432 g/mol. The SMILES string of the molecule is CSCCC(NC(=O)c1ccccc1Cl)C(=O)N1CC2CCC(N)C2C1.Cl. The number of fused-ring (bicyclic) bond motifs is 1. The Morgan fingerprint density at radius 1 is 1.33 bits per heavy atom. The molecular formula is C19H27Cl2N3O2S. The van der Waals surface area contributed by atoms with E-state index in [2.05, 4.69) is 5.32 Å². The third kappa shape index (κ3) is 5.11. The molecule has 0 bridgehead atoms. The highest BCUT2D eigenvalue weighted by Crippen LogP contribution is 2.37. The van der Waals surface area contributed by atoms with E-state index >= 15 is 0 Å². The maximum absolute atomic E-state index is 13.1. The number of nitrogens with zero attached hydrogens (tertiary/aromatic N) is 1. The van der Waals surface area contributed by atoms with Crippen molar-refractivity contribution in [2.75, 3.05) is 25.1 Å². The summed E-state index contributed by atoms with van der Waals surface area (Å²) in [6.07, 6.45) is 4.75. The highest BCUT2D eigenvalue weighted by Gasteiger charge is 2.43. The Morgan fingerprint density at radius 3 is 2.74 bits per heavy atom. The molecule has 3 rings (SSSR count). The van der Waals surface area contributed by atoms with Crippen molar-refractivity contribution in [3.63, 3.8) is 0 Å². The molecule has 8 heteroatoms. The van der Waals surface area contributed by atoms with Crippen molar-refractivity contribution >= 4 is 47.6 Å². The van der Waals surface area contributed by atoms with E-state index in [0.29, 0.717) is 35.4 Å². The van der Waals surface area contributed by atoms with Crippen LogP contribution in [-0.2, 0) is 4.79 Å². The van der Waals surface area contributed by atoms with E-state index < -0.39 is 6.04 Å². The van der Waals surface area contributed by atoms with Crippen molar-refractivity contribution < 1.29 is 9.59 Å². The highest BCUT2D eigenvalue weighted by molar-refractivity contribution is 7.98. The van der Waals surface area contributed by atoms with Crippen LogP contribution in [0.2, 0.25) is 5.02 Å². The van der Waals surface area contributed by atoms with Crippen LogP contribution < -0.4 is 11.1 Å². The fourth-order valence-corrected chi connectivity index (χ4v) is 4.78. The summed E-state index contributed by atoms with van der Waals surface area (Å²) in [7, 11) is 0. The van der Waals surface area contributed by atoms with Crippen LogP contribution in [0.4, 0.5) is 0 Å². The number of carbonyl (C=O) groups excluding carboxylic acids is 2. The molecule has 3 N–H and O–H groups in total. The van der Waals surface area contributed by atoms with Gasteiger partial charge in [0, 0.05) is 19.1 Å². The second-order valence-electron chi connectivity index (χ2n) is 7.20. The molecule has 1 aliphatic heterocycles. The van der Waals surface area contributed by atoms with Crippen molar-refractivity contribution in [2.24, 2.45) is 17.6 Å². The summed E-state index contributed by atoms with van der Waals surface area (Å²) in [6.45, 7) is 1.47. The van der Waals surface area contributed by atoms with Gasteiger partial charge in [0.05, 0.1) is 10.6 Å². The number of hydrogen-bond acceptors (Lipinski definition) is 4. The van der Waals surface area contributed by atoms with Gasteiger partial charge in [-0.2, -0.15) is 11.8 Å². The Kier molecular flexibility index (Phi) is 8.28. The third-order valence-electron chi connectivity index (χ3n) is 5.56. The lowest BCUT2D eigenvalue weighted by atomic mass is 9.98. The molecule has 1 saturated heterocycles. The first kappa shape index (κ1) is 22.3. The number of thioether (sulfide) groups is 1. The first-order valence-electron chi connectivity index (χ1n) is 9.10. The van der Waals surface area contributed by atoms with Crippen LogP contribution in [0, 0.1) is 11.8 Å².